The highest BCUT2D eigenvalue weighted by Crippen LogP contribution is 2.19. The van der Waals surface area contributed by atoms with Gasteiger partial charge in [0.2, 0.25) is 0 Å². The van der Waals surface area contributed by atoms with Crippen LogP contribution in [0.3, 0.4) is 0 Å². The Morgan fingerprint density at radius 3 is 2.74 bits per heavy atom. The number of anilines is 1. The average Bonchev–Trinajstić information content (AvgIpc) is 2.37. The molecule has 2 rings (SSSR count). The Labute approximate surface area is 119 Å². The van der Waals surface area contributed by atoms with Crippen LogP contribution in [0.2, 0.25) is 0 Å². The van der Waals surface area contributed by atoms with Crippen molar-refractivity contribution in [3.63, 3.8) is 0 Å². The predicted molar refractivity (Wildman–Crippen MR) is 75.8 cm³/mol. The van der Waals surface area contributed by atoms with E-state index < -0.39 is 0 Å². The number of aryl methyl sites for hydroxylation is 1. The van der Waals surface area contributed by atoms with Crippen LogP contribution < -0.4 is 5.32 Å². The minimum atomic E-state index is -0.304. The zero-order chi connectivity index (χ0) is 13.8. The molecule has 1 aromatic heterocycles. The van der Waals surface area contributed by atoms with Crippen LogP contribution in [-0.2, 0) is 0 Å². The summed E-state index contributed by atoms with van der Waals surface area (Å²) >= 11 is 3.38. The first-order chi connectivity index (χ1) is 9.08. The minimum absolute atomic E-state index is 0.275. The summed E-state index contributed by atoms with van der Waals surface area (Å²) in [6.07, 6.45) is 1.38. The SMILES string of the molecule is Cc1cc(Br)cc(NC(=O)c2ccc(C#N)cn2)c1. The van der Waals surface area contributed by atoms with Gasteiger partial charge in [-0.3, -0.25) is 4.79 Å². The van der Waals surface area contributed by atoms with E-state index in [1.807, 2.05) is 31.2 Å². The monoisotopic (exact) mass is 315 g/mol. The van der Waals surface area contributed by atoms with Crippen molar-refractivity contribution in [3.8, 4) is 6.07 Å². The zero-order valence-electron chi connectivity index (χ0n) is 10.1. The first-order valence-corrected chi connectivity index (χ1v) is 6.32. The average molecular weight is 316 g/mol. The highest BCUT2D eigenvalue weighted by atomic mass is 79.9. The highest BCUT2D eigenvalue weighted by Gasteiger charge is 2.08. The number of hydrogen-bond donors (Lipinski definition) is 1. The molecule has 0 aliphatic heterocycles. The summed E-state index contributed by atoms with van der Waals surface area (Å²) in [6, 6.07) is 10.7. The number of pyridine rings is 1. The fraction of sp³-hybridized carbons (Fsp3) is 0.0714. The lowest BCUT2D eigenvalue weighted by molar-refractivity contribution is 0.102. The van der Waals surface area contributed by atoms with Crippen molar-refractivity contribution < 1.29 is 4.79 Å². The normalized spacial score (nSPS) is 9.74. The number of nitriles is 1. The van der Waals surface area contributed by atoms with E-state index in [0.717, 1.165) is 10.0 Å². The molecule has 1 aromatic carbocycles. The predicted octanol–water partition coefficient (Wildman–Crippen LogP) is 3.28. The van der Waals surface area contributed by atoms with E-state index >= 15 is 0 Å². The van der Waals surface area contributed by atoms with Gasteiger partial charge in [0.05, 0.1) is 5.56 Å². The van der Waals surface area contributed by atoms with Crippen LogP contribution in [0.5, 0.6) is 0 Å². The van der Waals surface area contributed by atoms with Crippen molar-refractivity contribution in [2.45, 2.75) is 6.92 Å². The molecule has 0 saturated carbocycles. The maximum Gasteiger partial charge on any atom is 0.274 e. The Balaban J connectivity index is 2.18. The lowest BCUT2D eigenvalue weighted by atomic mass is 10.2. The maximum absolute atomic E-state index is 12.0. The number of amides is 1. The molecule has 0 fully saturated rings. The molecule has 0 radical (unpaired) electrons. The summed E-state index contributed by atoms with van der Waals surface area (Å²) in [5.74, 6) is -0.304. The molecule has 2 aromatic rings. The maximum atomic E-state index is 12.0. The van der Waals surface area contributed by atoms with Crippen LogP contribution in [0.25, 0.3) is 0 Å². The van der Waals surface area contributed by atoms with Gasteiger partial charge in [-0.1, -0.05) is 15.9 Å². The first-order valence-electron chi connectivity index (χ1n) is 5.53. The number of rotatable bonds is 2. The van der Waals surface area contributed by atoms with Crippen molar-refractivity contribution >= 4 is 27.5 Å². The third kappa shape index (κ3) is 3.39. The van der Waals surface area contributed by atoms with Gasteiger partial charge in [0.1, 0.15) is 11.8 Å². The standard InChI is InChI=1S/C14H10BrN3O/c1-9-4-11(15)6-12(5-9)18-14(19)13-3-2-10(7-16)8-17-13/h2-6,8H,1H3,(H,18,19). The van der Waals surface area contributed by atoms with E-state index in [1.54, 1.807) is 6.07 Å². The summed E-state index contributed by atoms with van der Waals surface area (Å²) < 4.78 is 0.899. The number of hydrogen-bond acceptors (Lipinski definition) is 3. The van der Waals surface area contributed by atoms with Crippen molar-refractivity contribution in [1.82, 2.24) is 4.98 Å². The van der Waals surface area contributed by atoms with Gasteiger partial charge in [-0.15, -0.1) is 0 Å². The molecular weight excluding hydrogens is 306 g/mol. The lowest BCUT2D eigenvalue weighted by Gasteiger charge is -2.06. The van der Waals surface area contributed by atoms with E-state index in [9.17, 15) is 4.79 Å². The Bertz CT molecular complexity index is 639. The smallest absolute Gasteiger partial charge is 0.274 e. The molecule has 0 saturated heterocycles. The lowest BCUT2D eigenvalue weighted by Crippen LogP contribution is -2.13. The van der Waals surface area contributed by atoms with Gasteiger partial charge >= 0.3 is 0 Å². The number of benzene rings is 1. The third-order valence-electron chi connectivity index (χ3n) is 2.43. The molecule has 1 N–H and O–H groups in total. The van der Waals surface area contributed by atoms with Gasteiger partial charge in [-0.25, -0.2) is 4.98 Å². The molecule has 94 valence electrons. The van der Waals surface area contributed by atoms with E-state index in [0.29, 0.717) is 11.3 Å². The molecular formula is C14H10BrN3O. The molecule has 19 heavy (non-hydrogen) atoms. The number of carbonyl (C=O) groups is 1. The molecule has 0 bridgehead atoms. The highest BCUT2D eigenvalue weighted by molar-refractivity contribution is 9.10. The topological polar surface area (TPSA) is 65.8 Å². The van der Waals surface area contributed by atoms with Gasteiger partial charge < -0.3 is 5.32 Å². The Morgan fingerprint density at radius 2 is 2.16 bits per heavy atom. The first kappa shape index (κ1) is 13.2. The summed E-state index contributed by atoms with van der Waals surface area (Å²) in [7, 11) is 0. The number of halogens is 1. The molecule has 0 spiro atoms. The van der Waals surface area contributed by atoms with Crippen molar-refractivity contribution in [1.29, 1.82) is 5.26 Å². The quantitative estimate of drug-likeness (QED) is 0.924. The molecule has 0 atom stereocenters. The molecule has 0 unspecified atom stereocenters. The van der Waals surface area contributed by atoms with Gasteiger partial charge in [-0.05, 0) is 42.8 Å². The second-order valence-electron chi connectivity index (χ2n) is 4.02. The van der Waals surface area contributed by atoms with Crippen LogP contribution in [0.1, 0.15) is 21.6 Å². The van der Waals surface area contributed by atoms with Gasteiger partial charge in [0, 0.05) is 16.4 Å². The van der Waals surface area contributed by atoms with Crippen LogP contribution in [0.4, 0.5) is 5.69 Å². The fourth-order valence-electron chi connectivity index (χ4n) is 1.60. The second-order valence-corrected chi connectivity index (χ2v) is 4.93. The Kier molecular flexibility index (Phi) is 3.93. The van der Waals surface area contributed by atoms with Gasteiger partial charge in [0.25, 0.3) is 5.91 Å². The largest absolute Gasteiger partial charge is 0.321 e. The van der Waals surface area contributed by atoms with Crippen LogP contribution in [0, 0.1) is 18.3 Å². The van der Waals surface area contributed by atoms with E-state index in [2.05, 4.69) is 26.2 Å². The van der Waals surface area contributed by atoms with E-state index in [-0.39, 0.29) is 11.6 Å². The molecule has 4 nitrogen and oxygen atoms in total. The number of nitrogens with one attached hydrogen (secondary N) is 1. The fourth-order valence-corrected chi connectivity index (χ4v) is 2.21. The molecule has 5 heteroatoms. The summed E-state index contributed by atoms with van der Waals surface area (Å²) in [4.78, 5) is 15.9. The van der Waals surface area contributed by atoms with Crippen LogP contribution in [0.15, 0.2) is 41.0 Å². The number of carbonyl (C=O) groups excluding carboxylic acids is 1. The van der Waals surface area contributed by atoms with Crippen LogP contribution >= 0.6 is 15.9 Å². The molecule has 0 aliphatic carbocycles. The van der Waals surface area contributed by atoms with Crippen molar-refractivity contribution in [2.75, 3.05) is 5.32 Å². The third-order valence-corrected chi connectivity index (χ3v) is 2.88. The van der Waals surface area contributed by atoms with Gasteiger partial charge in [-0.2, -0.15) is 5.26 Å². The van der Waals surface area contributed by atoms with Crippen LogP contribution in [-0.4, -0.2) is 10.9 Å². The minimum Gasteiger partial charge on any atom is -0.321 e. The van der Waals surface area contributed by atoms with E-state index in [1.165, 1.54) is 12.3 Å². The molecule has 1 heterocycles. The second kappa shape index (κ2) is 5.63. The zero-order valence-corrected chi connectivity index (χ0v) is 11.7. The Hall–Kier alpha value is -2.19. The molecule has 0 aliphatic rings. The summed E-state index contributed by atoms with van der Waals surface area (Å²) in [6.45, 7) is 1.94. The van der Waals surface area contributed by atoms with Crippen molar-refractivity contribution in [2.24, 2.45) is 0 Å². The molecule has 1 amide bonds. The van der Waals surface area contributed by atoms with Crippen molar-refractivity contribution in [3.05, 3.63) is 57.8 Å². The summed E-state index contributed by atoms with van der Waals surface area (Å²) in [5.41, 5.74) is 2.44. The Morgan fingerprint density at radius 1 is 1.37 bits per heavy atom. The van der Waals surface area contributed by atoms with E-state index in [4.69, 9.17) is 5.26 Å². The number of aromatic nitrogens is 1. The summed E-state index contributed by atoms with van der Waals surface area (Å²) in [5, 5.41) is 11.4. The number of nitrogens with zero attached hydrogens (tertiary/aromatic N) is 2. The van der Waals surface area contributed by atoms with Gasteiger partial charge in [0.15, 0.2) is 0 Å².